The molecule has 0 heterocycles. The van der Waals surface area contributed by atoms with Gasteiger partial charge in [-0.3, -0.25) is 0 Å². The van der Waals surface area contributed by atoms with E-state index >= 15 is 0 Å². The van der Waals surface area contributed by atoms with Gasteiger partial charge in [0.15, 0.2) is 0 Å². The van der Waals surface area contributed by atoms with Crippen molar-refractivity contribution in [1.82, 2.24) is 0 Å². The van der Waals surface area contributed by atoms with E-state index in [-0.39, 0.29) is 0 Å². The fourth-order valence-electron chi connectivity index (χ4n) is 1.38. The highest BCUT2D eigenvalue weighted by atomic mass is 32.2. The molecule has 2 heteroatoms. The van der Waals surface area contributed by atoms with Gasteiger partial charge in [-0.15, -0.1) is 11.8 Å². The van der Waals surface area contributed by atoms with Crippen LogP contribution in [0.25, 0.3) is 0 Å². The van der Waals surface area contributed by atoms with Crippen LogP contribution in [-0.2, 0) is 0 Å². The Morgan fingerprint density at radius 1 is 1.16 bits per heavy atom. The van der Waals surface area contributed by atoms with Crippen molar-refractivity contribution in [2.45, 2.75) is 44.8 Å². The Hall–Kier alpha value is -0.340. The monoisotopic (exact) mass is 296 g/mol. The number of allylic oxidation sites excluding steroid dienone is 4. The zero-order valence-electron chi connectivity index (χ0n) is 12.4. The zero-order chi connectivity index (χ0) is 14.2. The summed E-state index contributed by atoms with van der Waals surface area (Å²) >= 11 is 3.92. The fourth-order valence-corrected chi connectivity index (χ4v) is 3.36. The van der Waals surface area contributed by atoms with Crippen LogP contribution in [0.2, 0.25) is 0 Å². The molecule has 1 unspecified atom stereocenters. The molecule has 19 heavy (non-hydrogen) atoms. The van der Waals surface area contributed by atoms with Crippen LogP contribution in [0, 0.1) is 0 Å². The Morgan fingerprint density at radius 2 is 2.00 bits per heavy atom. The lowest BCUT2D eigenvalue weighted by Gasteiger charge is -2.08. The van der Waals surface area contributed by atoms with Crippen molar-refractivity contribution in [2.24, 2.45) is 0 Å². The predicted octanol–water partition coefficient (Wildman–Crippen LogP) is 6.23. The summed E-state index contributed by atoms with van der Waals surface area (Å²) in [7, 11) is 0. The van der Waals surface area contributed by atoms with Gasteiger partial charge in [-0.2, -0.15) is 11.8 Å². The zero-order valence-corrected chi connectivity index (χ0v) is 14.0. The van der Waals surface area contributed by atoms with Gasteiger partial charge in [-0.05, 0) is 18.2 Å². The molecule has 0 aromatic heterocycles. The van der Waals surface area contributed by atoms with Crippen LogP contribution < -0.4 is 0 Å². The van der Waals surface area contributed by atoms with Crippen molar-refractivity contribution < 1.29 is 0 Å². The molecule has 0 saturated heterocycles. The highest BCUT2D eigenvalue weighted by Crippen LogP contribution is 2.20. The Kier molecular flexibility index (Phi) is 15.4. The normalized spacial score (nSPS) is 13.8. The molecule has 0 aromatic rings. The van der Waals surface area contributed by atoms with Gasteiger partial charge >= 0.3 is 0 Å². The van der Waals surface area contributed by atoms with Gasteiger partial charge in [-0.25, -0.2) is 0 Å². The average molecular weight is 297 g/mol. The highest BCUT2D eigenvalue weighted by molar-refractivity contribution is 8.05. The fraction of sp³-hybridized carbons (Fsp3) is 0.529. The van der Waals surface area contributed by atoms with E-state index in [4.69, 9.17) is 0 Å². The summed E-state index contributed by atoms with van der Waals surface area (Å²) in [6.07, 6.45) is 17.9. The van der Waals surface area contributed by atoms with Crippen molar-refractivity contribution in [1.29, 1.82) is 0 Å². The third kappa shape index (κ3) is 13.9. The molecular formula is C17H28S2. The number of thioether (sulfide) groups is 2. The summed E-state index contributed by atoms with van der Waals surface area (Å²) < 4.78 is 0. The standard InChI is InChI=1S/C17H28S2/c1-4-7-10-12-15-19-17(13-9-6-3)16-18-14-11-8-5-2/h5,8-9,11-13,15,17H,2,4,6-7,10,14,16H2,1,3H3. The summed E-state index contributed by atoms with van der Waals surface area (Å²) in [5, 5.41) is 2.88. The molecule has 0 aromatic carbocycles. The molecule has 0 aliphatic carbocycles. The molecule has 1 atom stereocenters. The third-order valence-corrected chi connectivity index (χ3v) is 4.69. The predicted molar refractivity (Wildman–Crippen MR) is 96.1 cm³/mol. The Balaban J connectivity index is 3.94. The third-order valence-electron chi connectivity index (χ3n) is 2.43. The topological polar surface area (TPSA) is 0 Å². The molecule has 0 N–H and O–H groups in total. The van der Waals surface area contributed by atoms with Crippen LogP contribution in [0.1, 0.15) is 39.5 Å². The van der Waals surface area contributed by atoms with E-state index < -0.39 is 0 Å². The highest BCUT2D eigenvalue weighted by Gasteiger charge is 2.02. The summed E-state index contributed by atoms with van der Waals surface area (Å²) in [6, 6.07) is 0. The molecule has 0 aliphatic heterocycles. The summed E-state index contributed by atoms with van der Waals surface area (Å²) in [4.78, 5) is 0. The molecule has 0 rings (SSSR count). The molecule has 0 radical (unpaired) electrons. The second-order valence-electron chi connectivity index (χ2n) is 4.23. The average Bonchev–Trinajstić information content (AvgIpc) is 2.43. The van der Waals surface area contributed by atoms with Gasteiger partial charge in [0.1, 0.15) is 0 Å². The maximum Gasteiger partial charge on any atom is 0.0359 e. The van der Waals surface area contributed by atoms with Crippen LogP contribution in [-0.4, -0.2) is 16.8 Å². The first-order valence-electron chi connectivity index (χ1n) is 7.17. The largest absolute Gasteiger partial charge is 0.156 e. The van der Waals surface area contributed by atoms with Crippen molar-refractivity contribution in [3.63, 3.8) is 0 Å². The number of hydrogen-bond donors (Lipinski definition) is 0. The summed E-state index contributed by atoms with van der Waals surface area (Å²) in [6.45, 7) is 8.11. The molecule has 0 bridgehead atoms. The first-order valence-corrected chi connectivity index (χ1v) is 9.27. The van der Waals surface area contributed by atoms with Crippen molar-refractivity contribution in [3.05, 3.63) is 48.4 Å². The molecule has 0 aliphatic rings. The minimum absolute atomic E-state index is 0.597. The first kappa shape index (κ1) is 18.7. The van der Waals surface area contributed by atoms with Crippen molar-refractivity contribution in [2.75, 3.05) is 11.5 Å². The summed E-state index contributed by atoms with van der Waals surface area (Å²) in [5.41, 5.74) is 0. The van der Waals surface area contributed by atoms with Gasteiger partial charge < -0.3 is 0 Å². The van der Waals surface area contributed by atoms with Gasteiger partial charge in [0, 0.05) is 16.8 Å². The van der Waals surface area contributed by atoms with Gasteiger partial charge in [0.05, 0.1) is 0 Å². The minimum atomic E-state index is 0.597. The molecule has 0 nitrogen and oxygen atoms in total. The minimum Gasteiger partial charge on any atom is -0.156 e. The van der Waals surface area contributed by atoms with Crippen LogP contribution in [0.4, 0.5) is 0 Å². The van der Waals surface area contributed by atoms with Gasteiger partial charge in [-0.1, -0.05) is 69.7 Å². The van der Waals surface area contributed by atoms with Crippen molar-refractivity contribution in [3.8, 4) is 0 Å². The molecule has 108 valence electrons. The lowest BCUT2D eigenvalue weighted by molar-refractivity contribution is 0.815. The van der Waals surface area contributed by atoms with E-state index in [0.717, 1.165) is 12.2 Å². The van der Waals surface area contributed by atoms with Gasteiger partial charge in [0.25, 0.3) is 0 Å². The van der Waals surface area contributed by atoms with E-state index in [1.165, 1.54) is 25.0 Å². The van der Waals surface area contributed by atoms with Crippen LogP contribution in [0.5, 0.6) is 0 Å². The smallest absolute Gasteiger partial charge is 0.0359 e. The van der Waals surface area contributed by atoms with E-state index in [0.29, 0.717) is 5.25 Å². The lowest BCUT2D eigenvalue weighted by atomic mass is 10.2. The number of unbranched alkanes of at least 4 members (excludes halogenated alkanes) is 2. The number of rotatable bonds is 12. The second kappa shape index (κ2) is 15.7. The molecule has 0 saturated carbocycles. The van der Waals surface area contributed by atoms with Crippen LogP contribution in [0.15, 0.2) is 48.4 Å². The van der Waals surface area contributed by atoms with E-state index in [2.05, 4.69) is 50.1 Å². The maximum absolute atomic E-state index is 3.68. The quantitative estimate of drug-likeness (QED) is 0.238. The van der Waals surface area contributed by atoms with E-state index in [9.17, 15) is 0 Å². The van der Waals surface area contributed by atoms with Gasteiger partial charge in [0.2, 0.25) is 0 Å². The Bertz CT molecular complexity index is 277. The van der Waals surface area contributed by atoms with E-state index in [1.54, 1.807) is 0 Å². The van der Waals surface area contributed by atoms with E-state index in [1.807, 2.05) is 35.7 Å². The molecule has 0 fully saturated rings. The Morgan fingerprint density at radius 3 is 2.68 bits per heavy atom. The second-order valence-corrected chi connectivity index (χ2v) is 6.45. The first-order chi connectivity index (χ1) is 9.35. The van der Waals surface area contributed by atoms with Crippen LogP contribution >= 0.6 is 23.5 Å². The SMILES string of the molecule is C=CC=CCSCC(C=CCC)SC=CCCCC. The number of hydrogen-bond acceptors (Lipinski definition) is 2. The summed E-state index contributed by atoms with van der Waals surface area (Å²) in [5.74, 6) is 2.24. The lowest BCUT2D eigenvalue weighted by Crippen LogP contribution is -2.01. The van der Waals surface area contributed by atoms with Crippen LogP contribution in [0.3, 0.4) is 0 Å². The molecule has 0 spiro atoms. The maximum atomic E-state index is 3.68. The van der Waals surface area contributed by atoms with Crippen molar-refractivity contribution >= 4 is 23.5 Å². The molecular weight excluding hydrogens is 268 g/mol. The molecule has 0 amide bonds. The Labute approximate surface area is 128 Å².